The number of nitrogens with one attached hydrogen (secondary N) is 1. The molecule has 0 spiro atoms. The van der Waals surface area contributed by atoms with Gasteiger partial charge in [-0.1, -0.05) is 12.1 Å². The van der Waals surface area contributed by atoms with Crippen LogP contribution < -0.4 is 5.32 Å². The molecule has 0 aliphatic rings. The fraction of sp³-hybridized carbons (Fsp3) is 0.400. The number of rotatable bonds is 5. The van der Waals surface area contributed by atoms with E-state index in [2.05, 4.69) is 48.4 Å². The topological polar surface area (TPSA) is 34.1 Å². The van der Waals surface area contributed by atoms with Crippen LogP contribution in [0.25, 0.3) is 0 Å². The van der Waals surface area contributed by atoms with Gasteiger partial charge in [0, 0.05) is 17.7 Å². The molecule has 1 N–H and O–H groups in total. The number of hydrogen-bond acceptors (Lipinski definition) is 4. The Morgan fingerprint density at radius 2 is 2.16 bits per heavy atom. The van der Waals surface area contributed by atoms with Crippen molar-refractivity contribution < 1.29 is 4.74 Å². The van der Waals surface area contributed by atoms with E-state index in [9.17, 15) is 0 Å². The number of anilines is 1. The van der Waals surface area contributed by atoms with E-state index in [0.29, 0.717) is 0 Å². The second kappa shape index (κ2) is 6.17. The molecule has 0 unspecified atom stereocenters. The van der Waals surface area contributed by atoms with Crippen LogP contribution in [0.4, 0.5) is 5.69 Å². The average molecular weight is 276 g/mol. The van der Waals surface area contributed by atoms with Crippen LogP contribution in [0.1, 0.15) is 34.2 Å². The standard InChI is InChI=1S/C15H20N2OS/c1-10-15(19-12(3)17-10)9-16-14-7-5-6-13(8-14)11(2)18-4/h5-8,11,16H,9H2,1-4H3/t11-/m1/s1. The first kappa shape index (κ1) is 14.0. The number of aromatic nitrogens is 1. The average Bonchev–Trinajstić information content (AvgIpc) is 2.74. The van der Waals surface area contributed by atoms with Gasteiger partial charge < -0.3 is 10.1 Å². The first-order chi connectivity index (χ1) is 9.10. The van der Waals surface area contributed by atoms with Gasteiger partial charge in [-0.3, -0.25) is 0 Å². The van der Waals surface area contributed by atoms with Crippen molar-refractivity contribution in [3.8, 4) is 0 Å². The number of hydrogen-bond donors (Lipinski definition) is 1. The highest BCUT2D eigenvalue weighted by Gasteiger charge is 2.06. The van der Waals surface area contributed by atoms with E-state index in [1.165, 1.54) is 10.4 Å². The second-order valence-corrected chi connectivity index (χ2v) is 5.89. The number of benzene rings is 1. The minimum absolute atomic E-state index is 0.120. The van der Waals surface area contributed by atoms with Crippen molar-refractivity contribution in [2.45, 2.75) is 33.4 Å². The van der Waals surface area contributed by atoms with Crippen LogP contribution in [0.15, 0.2) is 24.3 Å². The Balaban J connectivity index is 2.05. The number of nitrogens with zero attached hydrogens (tertiary/aromatic N) is 1. The third-order valence-electron chi connectivity index (χ3n) is 3.16. The first-order valence-electron chi connectivity index (χ1n) is 6.39. The van der Waals surface area contributed by atoms with Crippen molar-refractivity contribution in [1.82, 2.24) is 4.98 Å². The zero-order valence-corrected chi connectivity index (χ0v) is 12.7. The van der Waals surface area contributed by atoms with E-state index < -0.39 is 0 Å². The van der Waals surface area contributed by atoms with E-state index >= 15 is 0 Å². The number of ether oxygens (including phenoxy) is 1. The summed E-state index contributed by atoms with van der Waals surface area (Å²) < 4.78 is 5.34. The van der Waals surface area contributed by atoms with Crippen molar-refractivity contribution in [2.24, 2.45) is 0 Å². The molecule has 4 heteroatoms. The zero-order valence-electron chi connectivity index (χ0n) is 11.9. The number of thiazole rings is 1. The predicted octanol–water partition coefficient (Wildman–Crippen LogP) is 4.08. The summed E-state index contributed by atoms with van der Waals surface area (Å²) in [4.78, 5) is 5.74. The molecule has 1 heterocycles. The number of methoxy groups -OCH3 is 1. The van der Waals surface area contributed by atoms with E-state index in [4.69, 9.17) is 4.74 Å². The van der Waals surface area contributed by atoms with E-state index in [-0.39, 0.29) is 6.10 Å². The lowest BCUT2D eigenvalue weighted by Crippen LogP contribution is -2.01. The monoisotopic (exact) mass is 276 g/mol. The molecule has 102 valence electrons. The molecule has 2 aromatic rings. The van der Waals surface area contributed by atoms with Crippen molar-refractivity contribution in [1.29, 1.82) is 0 Å². The van der Waals surface area contributed by atoms with Gasteiger partial charge in [0.25, 0.3) is 0 Å². The minimum Gasteiger partial charge on any atom is -0.380 e. The lowest BCUT2D eigenvalue weighted by Gasteiger charge is -2.12. The normalized spacial score (nSPS) is 12.4. The molecule has 0 aliphatic carbocycles. The molecule has 0 amide bonds. The summed E-state index contributed by atoms with van der Waals surface area (Å²) in [5.41, 5.74) is 3.42. The van der Waals surface area contributed by atoms with Crippen LogP contribution in [0, 0.1) is 13.8 Å². The summed E-state index contributed by atoms with van der Waals surface area (Å²) in [6, 6.07) is 8.35. The molecule has 0 saturated heterocycles. The fourth-order valence-corrected chi connectivity index (χ4v) is 2.83. The highest BCUT2D eigenvalue weighted by Crippen LogP contribution is 2.22. The maximum Gasteiger partial charge on any atom is 0.0900 e. The Bertz CT molecular complexity index is 551. The van der Waals surface area contributed by atoms with Crippen molar-refractivity contribution in [3.05, 3.63) is 45.4 Å². The van der Waals surface area contributed by atoms with Crippen LogP contribution in [0.5, 0.6) is 0 Å². The Kier molecular flexibility index (Phi) is 4.56. The first-order valence-corrected chi connectivity index (χ1v) is 7.21. The molecule has 1 atom stereocenters. The van der Waals surface area contributed by atoms with Crippen LogP contribution in [0.3, 0.4) is 0 Å². The second-order valence-electron chi connectivity index (χ2n) is 4.60. The highest BCUT2D eigenvalue weighted by atomic mass is 32.1. The Labute approximate surface area is 118 Å². The van der Waals surface area contributed by atoms with E-state index in [0.717, 1.165) is 22.9 Å². The quantitative estimate of drug-likeness (QED) is 0.893. The minimum atomic E-state index is 0.120. The largest absolute Gasteiger partial charge is 0.380 e. The maximum atomic E-state index is 5.34. The van der Waals surface area contributed by atoms with E-state index in [1.807, 2.05) is 6.92 Å². The van der Waals surface area contributed by atoms with Crippen molar-refractivity contribution >= 4 is 17.0 Å². The van der Waals surface area contributed by atoms with Gasteiger partial charge in [-0.15, -0.1) is 11.3 Å². The molecule has 1 aromatic carbocycles. The molecule has 0 radical (unpaired) electrons. The molecular weight excluding hydrogens is 256 g/mol. The molecule has 0 aliphatic heterocycles. The Hall–Kier alpha value is -1.39. The molecule has 0 saturated carbocycles. The van der Waals surface area contributed by atoms with Gasteiger partial charge in [-0.25, -0.2) is 4.98 Å². The third-order valence-corrected chi connectivity index (χ3v) is 4.24. The molecule has 0 bridgehead atoms. The summed E-state index contributed by atoms with van der Waals surface area (Å²) in [6.45, 7) is 6.98. The molecule has 1 aromatic heterocycles. The molecule has 0 fully saturated rings. The van der Waals surface area contributed by atoms with Crippen LogP contribution in [-0.2, 0) is 11.3 Å². The van der Waals surface area contributed by atoms with E-state index in [1.54, 1.807) is 18.4 Å². The van der Waals surface area contributed by atoms with Crippen molar-refractivity contribution in [2.75, 3.05) is 12.4 Å². The Morgan fingerprint density at radius 1 is 1.37 bits per heavy atom. The van der Waals surface area contributed by atoms with Gasteiger partial charge in [0.15, 0.2) is 0 Å². The van der Waals surface area contributed by atoms with Gasteiger partial charge in [-0.05, 0) is 38.5 Å². The molecule has 3 nitrogen and oxygen atoms in total. The van der Waals surface area contributed by atoms with Crippen LogP contribution in [-0.4, -0.2) is 12.1 Å². The zero-order chi connectivity index (χ0) is 13.8. The van der Waals surface area contributed by atoms with Gasteiger partial charge >= 0.3 is 0 Å². The lowest BCUT2D eigenvalue weighted by molar-refractivity contribution is 0.119. The summed E-state index contributed by atoms with van der Waals surface area (Å²) in [5, 5.41) is 4.57. The summed E-state index contributed by atoms with van der Waals surface area (Å²) in [6.07, 6.45) is 0.120. The fourth-order valence-electron chi connectivity index (χ4n) is 1.96. The van der Waals surface area contributed by atoms with Crippen LogP contribution >= 0.6 is 11.3 Å². The van der Waals surface area contributed by atoms with Gasteiger partial charge in [0.05, 0.1) is 23.4 Å². The SMILES string of the molecule is CO[C@H](C)c1cccc(NCc2sc(C)nc2C)c1. The predicted molar refractivity (Wildman–Crippen MR) is 80.8 cm³/mol. The molecule has 19 heavy (non-hydrogen) atoms. The van der Waals surface area contributed by atoms with Gasteiger partial charge in [0.1, 0.15) is 0 Å². The van der Waals surface area contributed by atoms with Gasteiger partial charge in [0.2, 0.25) is 0 Å². The maximum absolute atomic E-state index is 5.34. The summed E-state index contributed by atoms with van der Waals surface area (Å²) in [5.74, 6) is 0. The summed E-state index contributed by atoms with van der Waals surface area (Å²) >= 11 is 1.75. The smallest absolute Gasteiger partial charge is 0.0900 e. The highest BCUT2D eigenvalue weighted by molar-refractivity contribution is 7.11. The number of aryl methyl sites for hydroxylation is 2. The van der Waals surface area contributed by atoms with Gasteiger partial charge in [-0.2, -0.15) is 0 Å². The van der Waals surface area contributed by atoms with Crippen LogP contribution in [0.2, 0.25) is 0 Å². The lowest BCUT2D eigenvalue weighted by atomic mass is 10.1. The molecule has 2 rings (SSSR count). The third kappa shape index (κ3) is 3.55. The Morgan fingerprint density at radius 3 is 2.79 bits per heavy atom. The molecular formula is C15H20N2OS. The summed E-state index contributed by atoms with van der Waals surface area (Å²) in [7, 11) is 1.73. The van der Waals surface area contributed by atoms with Crippen molar-refractivity contribution in [3.63, 3.8) is 0 Å².